The Hall–Kier alpha value is -2.43. The van der Waals surface area contributed by atoms with Gasteiger partial charge in [-0.15, -0.1) is 0 Å². The Balaban J connectivity index is 1.57. The van der Waals surface area contributed by atoms with Crippen LogP contribution in [-0.4, -0.2) is 63.0 Å². The number of morpholine rings is 1. The third-order valence-corrected chi connectivity index (χ3v) is 6.63. The summed E-state index contributed by atoms with van der Waals surface area (Å²) in [6.45, 7) is 5.54. The van der Waals surface area contributed by atoms with E-state index in [2.05, 4.69) is 25.7 Å². The fraction of sp³-hybridized carbons (Fsp3) is 0.476. The van der Waals surface area contributed by atoms with Gasteiger partial charge in [-0.05, 0) is 30.7 Å². The molecule has 0 unspecified atom stereocenters. The fourth-order valence-corrected chi connectivity index (χ4v) is 4.66. The van der Waals surface area contributed by atoms with Crippen LogP contribution in [-0.2, 0) is 24.9 Å². The van der Waals surface area contributed by atoms with Crippen LogP contribution in [0.15, 0.2) is 38.3 Å². The van der Waals surface area contributed by atoms with Crippen molar-refractivity contribution in [2.45, 2.75) is 19.5 Å². The Labute approximate surface area is 187 Å². The number of nitrogens with zero attached hydrogens (tertiary/aromatic N) is 6. The van der Waals surface area contributed by atoms with Gasteiger partial charge < -0.3 is 14.2 Å². The Morgan fingerprint density at radius 3 is 2.52 bits per heavy atom. The highest BCUT2D eigenvalue weighted by atomic mass is 79.9. The summed E-state index contributed by atoms with van der Waals surface area (Å²) in [5.74, 6) is 0.710. The van der Waals surface area contributed by atoms with E-state index >= 15 is 0 Å². The van der Waals surface area contributed by atoms with Crippen LogP contribution in [0.5, 0.6) is 0 Å². The topological polar surface area (TPSA) is 77.5 Å². The van der Waals surface area contributed by atoms with Gasteiger partial charge in [-0.1, -0.05) is 15.9 Å². The summed E-state index contributed by atoms with van der Waals surface area (Å²) in [6.07, 6.45) is 0.893. The first kappa shape index (κ1) is 20.5. The quantitative estimate of drug-likeness (QED) is 0.554. The van der Waals surface area contributed by atoms with Crippen LogP contribution >= 0.6 is 15.9 Å². The van der Waals surface area contributed by atoms with E-state index in [1.54, 1.807) is 7.05 Å². The van der Waals surface area contributed by atoms with Gasteiger partial charge in [0.15, 0.2) is 11.2 Å². The smallest absolute Gasteiger partial charge is 0.332 e. The minimum absolute atomic E-state index is 0.261. The average molecular weight is 489 g/mol. The number of hydrogen-bond acceptors (Lipinski definition) is 6. The molecule has 9 nitrogen and oxygen atoms in total. The highest BCUT2D eigenvalue weighted by Gasteiger charge is 2.27. The third-order valence-electron chi connectivity index (χ3n) is 6.10. The fourth-order valence-electron chi connectivity index (χ4n) is 4.39. The summed E-state index contributed by atoms with van der Waals surface area (Å²) in [5.41, 5.74) is 1.37. The molecule has 2 aliphatic heterocycles. The molecular formula is C21H25BrN6O3. The van der Waals surface area contributed by atoms with E-state index in [-0.39, 0.29) is 11.2 Å². The first-order valence-corrected chi connectivity index (χ1v) is 11.4. The van der Waals surface area contributed by atoms with E-state index in [9.17, 15) is 9.59 Å². The van der Waals surface area contributed by atoms with Crippen molar-refractivity contribution in [2.75, 3.05) is 44.3 Å². The molecule has 1 fully saturated rings. The number of fused-ring (bicyclic) bond motifs is 3. The van der Waals surface area contributed by atoms with Gasteiger partial charge in [0.1, 0.15) is 0 Å². The third kappa shape index (κ3) is 3.62. The monoisotopic (exact) mass is 488 g/mol. The molecule has 0 aliphatic carbocycles. The minimum atomic E-state index is -0.323. The maximum absolute atomic E-state index is 13.4. The van der Waals surface area contributed by atoms with Gasteiger partial charge in [0, 0.05) is 56.5 Å². The van der Waals surface area contributed by atoms with Crippen LogP contribution in [0.4, 0.5) is 11.6 Å². The highest BCUT2D eigenvalue weighted by Crippen LogP contribution is 2.31. The lowest BCUT2D eigenvalue weighted by Crippen LogP contribution is -2.44. The maximum atomic E-state index is 13.4. The molecule has 0 amide bonds. The molecule has 10 heteroatoms. The SMILES string of the molecule is Cn1c(=O)n(CCN2CCOCC2)c(=O)c2c1nc1n2CCCN1c1ccc(Br)cc1. The number of halogens is 1. The maximum Gasteiger partial charge on any atom is 0.332 e. The zero-order valence-corrected chi connectivity index (χ0v) is 19.0. The molecule has 3 aromatic rings. The van der Waals surface area contributed by atoms with Crippen LogP contribution < -0.4 is 16.1 Å². The molecule has 4 heterocycles. The van der Waals surface area contributed by atoms with Gasteiger partial charge >= 0.3 is 5.69 Å². The van der Waals surface area contributed by atoms with Crippen molar-refractivity contribution >= 4 is 38.7 Å². The van der Waals surface area contributed by atoms with E-state index < -0.39 is 0 Å². The molecule has 164 valence electrons. The Kier molecular flexibility index (Phi) is 5.45. The number of ether oxygens (including phenoxy) is 1. The van der Waals surface area contributed by atoms with Crippen molar-refractivity contribution in [1.82, 2.24) is 23.6 Å². The number of aromatic nitrogens is 4. The van der Waals surface area contributed by atoms with Crippen molar-refractivity contribution in [3.05, 3.63) is 49.6 Å². The molecular weight excluding hydrogens is 464 g/mol. The number of benzene rings is 1. The molecule has 2 aromatic heterocycles. The summed E-state index contributed by atoms with van der Waals surface area (Å²) in [4.78, 5) is 35.5. The first-order valence-electron chi connectivity index (χ1n) is 10.6. The van der Waals surface area contributed by atoms with E-state index in [0.29, 0.717) is 50.0 Å². The second-order valence-corrected chi connectivity index (χ2v) is 8.89. The number of rotatable bonds is 4. The van der Waals surface area contributed by atoms with Crippen molar-refractivity contribution < 1.29 is 4.74 Å². The van der Waals surface area contributed by atoms with E-state index in [1.807, 2.05) is 28.8 Å². The summed E-state index contributed by atoms with van der Waals surface area (Å²) in [6, 6.07) is 8.04. The average Bonchev–Trinajstić information content (AvgIpc) is 3.19. The molecule has 0 N–H and O–H groups in total. The lowest BCUT2D eigenvalue weighted by molar-refractivity contribution is 0.0361. The van der Waals surface area contributed by atoms with Crippen molar-refractivity contribution in [3.63, 3.8) is 0 Å². The largest absolute Gasteiger partial charge is 0.379 e. The van der Waals surface area contributed by atoms with E-state index in [0.717, 1.165) is 36.2 Å². The molecule has 0 saturated carbocycles. The second-order valence-electron chi connectivity index (χ2n) is 7.97. The van der Waals surface area contributed by atoms with Crippen molar-refractivity contribution in [1.29, 1.82) is 0 Å². The number of aryl methyl sites for hydroxylation is 2. The van der Waals surface area contributed by atoms with Crippen LogP contribution in [0.25, 0.3) is 11.2 Å². The number of anilines is 2. The summed E-state index contributed by atoms with van der Waals surface area (Å²) in [7, 11) is 1.69. The Morgan fingerprint density at radius 2 is 1.77 bits per heavy atom. The van der Waals surface area contributed by atoms with E-state index in [4.69, 9.17) is 9.72 Å². The summed E-state index contributed by atoms with van der Waals surface area (Å²) in [5, 5.41) is 0. The highest BCUT2D eigenvalue weighted by molar-refractivity contribution is 9.10. The van der Waals surface area contributed by atoms with Crippen LogP contribution in [0.2, 0.25) is 0 Å². The van der Waals surface area contributed by atoms with E-state index in [1.165, 1.54) is 9.13 Å². The molecule has 0 spiro atoms. The van der Waals surface area contributed by atoms with Gasteiger partial charge in [-0.3, -0.25) is 18.8 Å². The summed E-state index contributed by atoms with van der Waals surface area (Å²) < 4.78 is 11.2. The van der Waals surface area contributed by atoms with Gasteiger partial charge in [-0.2, -0.15) is 4.98 Å². The molecule has 1 saturated heterocycles. The Bertz CT molecular complexity index is 1220. The second kappa shape index (κ2) is 8.25. The zero-order chi connectivity index (χ0) is 21.5. The van der Waals surface area contributed by atoms with Crippen LogP contribution in [0.1, 0.15) is 6.42 Å². The van der Waals surface area contributed by atoms with Crippen LogP contribution in [0, 0.1) is 0 Å². The zero-order valence-electron chi connectivity index (χ0n) is 17.5. The Morgan fingerprint density at radius 1 is 1.03 bits per heavy atom. The van der Waals surface area contributed by atoms with Gasteiger partial charge in [0.05, 0.1) is 13.2 Å². The molecule has 0 atom stereocenters. The van der Waals surface area contributed by atoms with Gasteiger partial charge in [0.25, 0.3) is 5.56 Å². The first-order chi connectivity index (χ1) is 15.0. The lowest BCUT2D eigenvalue weighted by Gasteiger charge is -2.29. The van der Waals surface area contributed by atoms with Crippen molar-refractivity contribution in [3.8, 4) is 0 Å². The molecule has 1 aromatic carbocycles. The normalized spacial score (nSPS) is 17.3. The summed E-state index contributed by atoms with van der Waals surface area (Å²) >= 11 is 3.48. The molecule has 31 heavy (non-hydrogen) atoms. The molecule has 2 aliphatic rings. The standard InChI is InChI=1S/C21H25BrN6O3/c1-24-18-17(19(29)28(21(24)30)10-9-25-11-13-31-14-12-25)27-8-2-7-26(20(27)23-18)16-5-3-15(22)4-6-16/h3-6H,2,7-14H2,1H3. The van der Waals surface area contributed by atoms with Crippen molar-refractivity contribution in [2.24, 2.45) is 7.05 Å². The van der Waals surface area contributed by atoms with Crippen LogP contribution in [0.3, 0.4) is 0 Å². The number of imidazole rings is 1. The van der Waals surface area contributed by atoms with Gasteiger partial charge in [0.2, 0.25) is 5.95 Å². The molecule has 5 rings (SSSR count). The molecule has 0 bridgehead atoms. The minimum Gasteiger partial charge on any atom is -0.379 e. The predicted molar refractivity (Wildman–Crippen MR) is 122 cm³/mol. The lowest BCUT2D eigenvalue weighted by atomic mass is 10.2. The predicted octanol–water partition coefficient (Wildman–Crippen LogP) is 1.53. The number of hydrogen-bond donors (Lipinski definition) is 0. The molecule has 0 radical (unpaired) electrons. The van der Waals surface area contributed by atoms with Gasteiger partial charge in [-0.25, -0.2) is 4.79 Å².